The van der Waals surface area contributed by atoms with Gasteiger partial charge in [0.2, 0.25) is 0 Å². The summed E-state index contributed by atoms with van der Waals surface area (Å²) in [4.78, 5) is 2.61. The van der Waals surface area contributed by atoms with Gasteiger partial charge in [-0.2, -0.15) is 0 Å². The summed E-state index contributed by atoms with van der Waals surface area (Å²) in [5, 5.41) is 0. The van der Waals surface area contributed by atoms with Gasteiger partial charge in [-0.05, 0) is 31.2 Å². The Bertz CT molecular complexity index is 101. The Labute approximate surface area is 70.8 Å². The number of hydrogen-bond acceptors (Lipinski definition) is 1. The van der Waals surface area contributed by atoms with Gasteiger partial charge in [-0.15, -0.1) is 0 Å². The molecule has 0 aliphatic carbocycles. The lowest BCUT2D eigenvalue weighted by molar-refractivity contribution is 0.141. The minimum Gasteiger partial charge on any atom is -0.303 e. The predicted molar refractivity (Wildman–Crippen MR) is 49.7 cm³/mol. The average molecular weight is 155 g/mol. The van der Waals surface area contributed by atoms with Crippen molar-refractivity contribution in [3.05, 3.63) is 0 Å². The fraction of sp³-hybridized carbons (Fsp3) is 1.00. The summed E-state index contributed by atoms with van der Waals surface area (Å²) in [6, 6.07) is 0. The summed E-state index contributed by atoms with van der Waals surface area (Å²) >= 11 is 0. The summed E-state index contributed by atoms with van der Waals surface area (Å²) in [6.07, 6.45) is 2.74. The highest BCUT2D eigenvalue weighted by molar-refractivity contribution is 4.73. The van der Waals surface area contributed by atoms with E-state index in [1.54, 1.807) is 0 Å². The predicted octanol–water partition coefficient (Wildman–Crippen LogP) is 2.37. The molecule has 1 aliphatic heterocycles. The van der Waals surface area contributed by atoms with Crippen molar-refractivity contribution in [1.82, 2.24) is 4.90 Å². The average Bonchev–Trinajstić information content (AvgIpc) is 1.85. The van der Waals surface area contributed by atoms with Gasteiger partial charge in [-0.3, -0.25) is 0 Å². The van der Waals surface area contributed by atoms with E-state index in [2.05, 4.69) is 25.7 Å². The molecular formula is C10H21N. The Morgan fingerprint density at radius 2 is 1.73 bits per heavy atom. The number of rotatable bonds is 2. The van der Waals surface area contributed by atoms with Gasteiger partial charge < -0.3 is 4.90 Å². The van der Waals surface area contributed by atoms with Gasteiger partial charge in [-0.1, -0.05) is 20.8 Å². The first kappa shape index (κ1) is 9.05. The third-order valence-electron chi connectivity index (χ3n) is 2.48. The maximum atomic E-state index is 2.61. The number of hydrogen-bond donors (Lipinski definition) is 0. The third kappa shape index (κ3) is 2.82. The molecular weight excluding hydrogens is 134 g/mol. The van der Waals surface area contributed by atoms with Crippen LogP contribution in [0.1, 0.15) is 33.6 Å². The second-order valence-corrected chi connectivity index (χ2v) is 4.21. The molecule has 1 heteroatoms. The van der Waals surface area contributed by atoms with Crippen molar-refractivity contribution in [2.24, 2.45) is 11.8 Å². The molecule has 1 heterocycles. The Hall–Kier alpha value is -0.0400. The zero-order valence-corrected chi connectivity index (χ0v) is 8.14. The van der Waals surface area contributed by atoms with E-state index in [0.29, 0.717) is 0 Å². The minimum absolute atomic E-state index is 0.922. The molecule has 0 aromatic heterocycles. The molecule has 0 bridgehead atoms. The topological polar surface area (TPSA) is 3.24 Å². The quantitative estimate of drug-likeness (QED) is 0.592. The Morgan fingerprint density at radius 1 is 1.18 bits per heavy atom. The van der Waals surface area contributed by atoms with Gasteiger partial charge >= 0.3 is 0 Å². The number of likely N-dealkylation sites (tertiary alicyclic amines) is 1. The van der Waals surface area contributed by atoms with Crippen LogP contribution in [0.15, 0.2) is 0 Å². The Morgan fingerprint density at radius 3 is 2.18 bits per heavy atom. The second-order valence-electron chi connectivity index (χ2n) is 4.21. The van der Waals surface area contributed by atoms with E-state index < -0.39 is 0 Å². The fourth-order valence-electron chi connectivity index (χ4n) is 2.29. The maximum absolute atomic E-state index is 2.61. The van der Waals surface area contributed by atoms with Crippen molar-refractivity contribution in [3.8, 4) is 0 Å². The van der Waals surface area contributed by atoms with Crippen molar-refractivity contribution in [2.75, 3.05) is 19.6 Å². The SMILES string of the molecule is CCCN1C[C@@H](C)C[C@H](C)C1. The van der Waals surface area contributed by atoms with E-state index in [-0.39, 0.29) is 0 Å². The molecule has 66 valence electrons. The molecule has 1 saturated heterocycles. The van der Waals surface area contributed by atoms with Crippen LogP contribution in [0.4, 0.5) is 0 Å². The standard InChI is InChI=1S/C10H21N/c1-4-5-11-7-9(2)6-10(3)8-11/h9-10H,4-8H2,1-3H3/t9-,10-/m0/s1. The highest BCUT2D eigenvalue weighted by Gasteiger charge is 2.20. The van der Waals surface area contributed by atoms with Crippen molar-refractivity contribution < 1.29 is 0 Å². The van der Waals surface area contributed by atoms with E-state index >= 15 is 0 Å². The minimum atomic E-state index is 0.922. The van der Waals surface area contributed by atoms with Crippen LogP contribution in [-0.4, -0.2) is 24.5 Å². The van der Waals surface area contributed by atoms with Gasteiger partial charge in [0.05, 0.1) is 0 Å². The summed E-state index contributed by atoms with van der Waals surface area (Å²) < 4.78 is 0. The zero-order chi connectivity index (χ0) is 8.27. The molecule has 1 nitrogen and oxygen atoms in total. The van der Waals surface area contributed by atoms with Gasteiger partial charge in [-0.25, -0.2) is 0 Å². The highest BCUT2D eigenvalue weighted by atomic mass is 15.1. The molecule has 0 saturated carbocycles. The molecule has 0 amide bonds. The van der Waals surface area contributed by atoms with Crippen molar-refractivity contribution in [3.63, 3.8) is 0 Å². The molecule has 1 rings (SSSR count). The van der Waals surface area contributed by atoms with E-state index in [9.17, 15) is 0 Å². The van der Waals surface area contributed by atoms with Crippen molar-refractivity contribution in [1.29, 1.82) is 0 Å². The first-order chi connectivity index (χ1) is 5.22. The molecule has 0 radical (unpaired) electrons. The summed E-state index contributed by atoms with van der Waals surface area (Å²) in [5.41, 5.74) is 0. The summed E-state index contributed by atoms with van der Waals surface area (Å²) in [7, 11) is 0. The Kier molecular flexibility index (Phi) is 3.38. The largest absolute Gasteiger partial charge is 0.303 e. The molecule has 11 heavy (non-hydrogen) atoms. The second kappa shape index (κ2) is 4.10. The Balaban J connectivity index is 2.30. The molecule has 0 spiro atoms. The van der Waals surface area contributed by atoms with E-state index in [1.165, 1.54) is 32.5 Å². The monoisotopic (exact) mass is 155 g/mol. The van der Waals surface area contributed by atoms with E-state index in [0.717, 1.165) is 11.8 Å². The van der Waals surface area contributed by atoms with Crippen LogP contribution >= 0.6 is 0 Å². The first-order valence-electron chi connectivity index (χ1n) is 4.94. The van der Waals surface area contributed by atoms with Gasteiger partial charge in [0.1, 0.15) is 0 Å². The molecule has 0 aromatic carbocycles. The van der Waals surface area contributed by atoms with Gasteiger partial charge in [0.25, 0.3) is 0 Å². The smallest absolute Gasteiger partial charge is 0.000724 e. The first-order valence-corrected chi connectivity index (χ1v) is 4.94. The van der Waals surface area contributed by atoms with Crippen LogP contribution < -0.4 is 0 Å². The van der Waals surface area contributed by atoms with Crippen LogP contribution in [0.2, 0.25) is 0 Å². The lowest BCUT2D eigenvalue weighted by Crippen LogP contribution is -2.38. The van der Waals surface area contributed by atoms with E-state index in [1.807, 2.05) is 0 Å². The van der Waals surface area contributed by atoms with Crippen molar-refractivity contribution in [2.45, 2.75) is 33.6 Å². The molecule has 0 N–H and O–H groups in total. The van der Waals surface area contributed by atoms with Crippen LogP contribution in [0.25, 0.3) is 0 Å². The molecule has 2 atom stereocenters. The third-order valence-corrected chi connectivity index (χ3v) is 2.48. The van der Waals surface area contributed by atoms with Crippen LogP contribution in [0.5, 0.6) is 0 Å². The maximum Gasteiger partial charge on any atom is 0.000724 e. The lowest BCUT2D eigenvalue weighted by atomic mass is 9.92. The van der Waals surface area contributed by atoms with Crippen LogP contribution in [0, 0.1) is 11.8 Å². The summed E-state index contributed by atoms with van der Waals surface area (Å²) in [6.45, 7) is 11.0. The fourth-order valence-corrected chi connectivity index (χ4v) is 2.29. The van der Waals surface area contributed by atoms with Crippen LogP contribution in [-0.2, 0) is 0 Å². The molecule has 1 fully saturated rings. The zero-order valence-electron chi connectivity index (χ0n) is 8.14. The van der Waals surface area contributed by atoms with Gasteiger partial charge in [0.15, 0.2) is 0 Å². The highest BCUT2D eigenvalue weighted by Crippen LogP contribution is 2.20. The summed E-state index contributed by atoms with van der Waals surface area (Å²) in [5.74, 6) is 1.84. The molecule has 0 unspecified atom stereocenters. The number of piperidine rings is 1. The van der Waals surface area contributed by atoms with E-state index in [4.69, 9.17) is 0 Å². The van der Waals surface area contributed by atoms with Crippen molar-refractivity contribution >= 4 is 0 Å². The lowest BCUT2D eigenvalue weighted by Gasteiger charge is -2.34. The molecule has 0 aromatic rings. The van der Waals surface area contributed by atoms with Crippen LogP contribution in [0.3, 0.4) is 0 Å². The molecule has 1 aliphatic rings. The van der Waals surface area contributed by atoms with Gasteiger partial charge in [0, 0.05) is 13.1 Å². The number of nitrogens with zero attached hydrogens (tertiary/aromatic N) is 1. The normalized spacial score (nSPS) is 34.1.